The topological polar surface area (TPSA) is 52.8 Å². The molecule has 3 aromatic heterocycles. The molecule has 3 rings (SSSR count). The Morgan fingerprint density at radius 2 is 1.88 bits per heavy atom. The van der Waals surface area contributed by atoms with Crippen molar-refractivity contribution in [2.24, 2.45) is 0 Å². The van der Waals surface area contributed by atoms with Gasteiger partial charge in [0.2, 0.25) is 0 Å². The Hall–Kier alpha value is -0.550. The zero-order valence-corrected chi connectivity index (χ0v) is 25.1. The van der Waals surface area contributed by atoms with Crippen LogP contribution in [0, 0.1) is 0 Å². The van der Waals surface area contributed by atoms with Crippen molar-refractivity contribution in [1.82, 2.24) is 24.4 Å². The number of fused-ring (bicyclic) bond motifs is 1. The van der Waals surface area contributed by atoms with E-state index in [9.17, 15) is 0 Å². The second-order valence-corrected chi connectivity index (χ2v) is 10.4. The van der Waals surface area contributed by atoms with Crippen molar-refractivity contribution in [3.63, 3.8) is 0 Å². The van der Waals surface area contributed by atoms with Crippen LogP contribution in [0.4, 0.5) is 0 Å². The summed E-state index contributed by atoms with van der Waals surface area (Å²) in [6.07, 6.45) is 8.68. The number of halogens is 4. The molecule has 0 amide bonds. The molecule has 3 aromatic rings. The van der Waals surface area contributed by atoms with Gasteiger partial charge in [0.05, 0.1) is 54.8 Å². The van der Waals surface area contributed by atoms with E-state index in [4.69, 9.17) is 0 Å². The van der Waals surface area contributed by atoms with Gasteiger partial charge in [-0.05, 0) is 68.6 Å². The van der Waals surface area contributed by atoms with Gasteiger partial charge >= 0.3 is 5.17 Å². The van der Waals surface area contributed by atoms with E-state index in [1.807, 2.05) is 30.4 Å². The molecule has 0 radical (unpaired) electrons. The van der Waals surface area contributed by atoms with Crippen LogP contribution in [0.25, 0.3) is 22.4 Å². The number of pyridine rings is 1. The number of H-pyrrole nitrogens is 1. The van der Waals surface area contributed by atoms with Gasteiger partial charge < -0.3 is 26.5 Å². The van der Waals surface area contributed by atoms with Crippen molar-refractivity contribution in [3.05, 3.63) is 33.7 Å². The average Bonchev–Trinajstić information content (AvgIpc) is 3.26. The molecule has 0 fully saturated rings. The molecule has 0 aromatic carbocycles. The molecular weight excluding hydrogens is 644 g/mol. The van der Waals surface area contributed by atoms with Crippen molar-refractivity contribution < 1.29 is 21.6 Å². The SMILES string of the molecule is CN(C)C(SCCCCCCn1cnc2c(-c3cc(Br)c(Br)[nH]3)nccc21)=[N+](C)C.Cl.[Br-]. The number of hydrogen-bond acceptors (Lipinski definition) is 3. The first-order chi connectivity index (χ1) is 14.4. The molecule has 0 aliphatic rings. The molecule has 178 valence electrons. The van der Waals surface area contributed by atoms with Gasteiger partial charge in [0.15, 0.2) is 0 Å². The highest BCUT2D eigenvalue weighted by molar-refractivity contribution is 9.13. The average molecular weight is 674 g/mol. The first-order valence-electron chi connectivity index (χ1n) is 10.1. The lowest BCUT2D eigenvalue weighted by Gasteiger charge is -2.10. The lowest BCUT2D eigenvalue weighted by Crippen LogP contribution is -3.00. The van der Waals surface area contributed by atoms with Crippen molar-refractivity contribution in [2.75, 3.05) is 33.9 Å². The van der Waals surface area contributed by atoms with Gasteiger partial charge in [-0.1, -0.05) is 12.8 Å². The molecule has 0 bridgehead atoms. The molecular formula is C21H30Br3ClN6S. The highest BCUT2D eigenvalue weighted by Crippen LogP contribution is 2.31. The van der Waals surface area contributed by atoms with E-state index in [0.29, 0.717) is 0 Å². The summed E-state index contributed by atoms with van der Waals surface area (Å²) in [6, 6.07) is 4.08. The zero-order valence-electron chi connectivity index (χ0n) is 18.7. The maximum Gasteiger partial charge on any atom is 0.307 e. The quantitative estimate of drug-likeness (QED) is 0.173. The van der Waals surface area contributed by atoms with Crippen LogP contribution < -0.4 is 17.0 Å². The van der Waals surface area contributed by atoms with Crippen molar-refractivity contribution in [1.29, 1.82) is 0 Å². The molecule has 32 heavy (non-hydrogen) atoms. The molecule has 0 saturated heterocycles. The molecule has 1 N–H and O–H groups in total. The Bertz CT molecular complexity index is 1010. The molecule has 3 heterocycles. The van der Waals surface area contributed by atoms with Crippen LogP contribution in [-0.4, -0.2) is 68.1 Å². The summed E-state index contributed by atoms with van der Waals surface area (Å²) in [5.74, 6) is 1.16. The number of imidazole rings is 1. The highest BCUT2D eigenvalue weighted by atomic mass is 79.9. The van der Waals surface area contributed by atoms with Gasteiger partial charge in [-0.25, -0.2) is 4.98 Å². The summed E-state index contributed by atoms with van der Waals surface area (Å²) in [6.45, 7) is 0.984. The van der Waals surface area contributed by atoms with Gasteiger partial charge in [0, 0.05) is 18.5 Å². The number of nitrogens with zero attached hydrogens (tertiary/aromatic N) is 5. The summed E-state index contributed by atoms with van der Waals surface area (Å²) in [4.78, 5) is 14.7. The van der Waals surface area contributed by atoms with Crippen LogP contribution in [0.15, 0.2) is 33.7 Å². The van der Waals surface area contributed by atoms with Crippen LogP contribution in [0.3, 0.4) is 0 Å². The molecule has 0 saturated carbocycles. The van der Waals surface area contributed by atoms with E-state index < -0.39 is 0 Å². The largest absolute Gasteiger partial charge is 1.00 e. The molecule has 0 aliphatic heterocycles. The van der Waals surface area contributed by atoms with Crippen LogP contribution in [0.1, 0.15) is 25.7 Å². The predicted molar refractivity (Wildman–Crippen MR) is 142 cm³/mol. The summed E-state index contributed by atoms with van der Waals surface area (Å²) in [7, 11) is 8.41. The van der Waals surface area contributed by atoms with E-state index >= 15 is 0 Å². The second-order valence-electron chi connectivity index (χ2n) is 7.64. The number of aromatic amines is 1. The van der Waals surface area contributed by atoms with E-state index in [0.717, 1.165) is 50.2 Å². The van der Waals surface area contributed by atoms with Crippen LogP contribution in [0.2, 0.25) is 0 Å². The lowest BCUT2D eigenvalue weighted by molar-refractivity contribution is -0.466. The Morgan fingerprint density at radius 3 is 2.50 bits per heavy atom. The maximum atomic E-state index is 4.65. The van der Waals surface area contributed by atoms with Crippen LogP contribution >= 0.6 is 56.0 Å². The summed E-state index contributed by atoms with van der Waals surface area (Å²) in [5, 5.41) is 1.31. The zero-order chi connectivity index (χ0) is 21.7. The fourth-order valence-corrected chi connectivity index (χ4v) is 5.16. The Labute approximate surface area is 228 Å². The Balaban J connectivity index is 0.00000256. The van der Waals surface area contributed by atoms with Gasteiger partial charge in [-0.3, -0.25) is 14.5 Å². The number of amidine groups is 1. The Morgan fingerprint density at radius 1 is 1.16 bits per heavy atom. The third-order valence-electron chi connectivity index (χ3n) is 4.81. The van der Waals surface area contributed by atoms with Crippen LogP contribution in [-0.2, 0) is 6.54 Å². The normalized spacial score (nSPS) is 10.6. The number of aromatic nitrogens is 4. The number of nitrogens with one attached hydrogen (secondary N) is 1. The number of aryl methyl sites for hydroxylation is 1. The molecule has 0 aliphatic carbocycles. The van der Waals surface area contributed by atoms with E-state index in [1.165, 1.54) is 24.4 Å². The predicted octanol–water partition coefficient (Wildman–Crippen LogP) is 2.86. The smallest absolute Gasteiger partial charge is 0.307 e. The minimum absolute atomic E-state index is 0. The third kappa shape index (κ3) is 7.48. The van der Waals surface area contributed by atoms with Gasteiger partial charge in [-0.2, -0.15) is 0 Å². The minimum atomic E-state index is 0. The van der Waals surface area contributed by atoms with Crippen molar-refractivity contribution in [3.8, 4) is 11.4 Å². The second kappa shape index (κ2) is 14.0. The van der Waals surface area contributed by atoms with Crippen molar-refractivity contribution in [2.45, 2.75) is 32.2 Å². The van der Waals surface area contributed by atoms with E-state index in [2.05, 4.69) is 95.1 Å². The van der Waals surface area contributed by atoms with Gasteiger partial charge in [0.1, 0.15) is 11.2 Å². The standard InChI is InChI=1S/C21H29Br2N6S.BrH.ClH/c1-27(2)21(28(3)4)30-12-8-6-5-7-11-29-14-25-19-17(29)9-10-24-18(19)16-13-15(22)20(23)26-16;;/h9-10,13-14,26H,5-8,11-12H2,1-4H3;2*1H/q+1;;/p-1. The number of hydrogen-bond donors (Lipinski definition) is 1. The van der Waals surface area contributed by atoms with E-state index in [-0.39, 0.29) is 29.4 Å². The monoisotopic (exact) mass is 670 g/mol. The molecule has 0 atom stereocenters. The fourth-order valence-electron chi connectivity index (χ4n) is 3.46. The van der Waals surface area contributed by atoms with Crippen molar-refractivity contribution >= 4 is 72.2 Å². The lowest BCUT2D eigenvalue weighted by atomic mass is 10.2. The summed E-state index contributed by atoms with van der Waals surface area (Å²) < 4.78 is 6.32. The van der Waals surface area contributed by atoms with Gasteiger partial charge in [0.25, 0.3) is 0 Å². The van der Waals surface area contributed by atoms with Gasteiger partial charge in [-0.15, -0.1) is 12.4 Å². The third-order valence-corrected chi connectivity index (χ3v) is 8.07. The van der Waals surface area contributed by atoms with Crippen LogP contribution in [0.5, 0.6) is 0 Å². The highest BCUT2D eigenvalue weighted by Gasteiger charge is 2.14. The summed E-state index contributed by atoms with van der Waals surface area (Å²) >= 11 is 8.96. The maximum absolute atomic E-state index is 4.65. The molecule has 6 nitrogen and oxygen atoms in total. The minimum Gasteiger partial charge on any atom is -1.00 e. The first kappa shape index (κ1) is 29.5. The number of unbranched alkanes of at least 4 members (excludes halogenated alkanes) is 3. The first-order valence-corrected chi connectivity index (χ1v) is 12.6. The fraction of sp³-hybridized carbons (Fsp3) is 0.476. The molecule has 0 spiro atoms. The molecule has 11 heteroatoms. The molecule has 0 unspecified atom stereocenters. The van der Waals surface area contributed by atoms with E-state index in [1.54, 1.807) is 0 Å². The number of thioether (sulfide) groups is 1. The number of rotatable bonds is 8. The summed E-state index contributed by atoms with van der Waals surface area (Å²) in [5.41, 5.74) is 3.90. The Kier molecular flexibility index (Phi) is 12.9.